The van der Waals surface area contributed by atoms with E-state index < -0.39 is 0 Å². The van der Waals surface area contributed by atoms with Crippen LogP contribution in [0.15, 0.2) is 12.1 Å². The van der Waals surface area contributed by atoms with Crippen molar-refractivity contribution in [3.63, 3.8) is 0 Å². The fourth-order valence-electron chi connectivity index (χ4n) is 1.00. The van der Waals surface area contributed by atoms with Crippen molar-refractivity contribution in [2.75, 3.05) is 0 Å². The first-order valence-electron chi connectivity index (χ1n) is 3.91. The fourth-order valence-corrected chi connectivity index (χ4v) is 1.00. The molecule has 0 saturated carbocycles. The molecular weight excluding hydrogens is 122 g/mol. The smallest absolute Gasteiger partial charge is 0.0175 e. The Kier molecular flexibility index (Phi) is 2.15. The van der Waals surface area contributed by atoms with Crippen LogP contribution in [0, 0.1) is 0 Å². The summed E-state index contributed by atoms with van der Waals surface area (Å²) in [7, 11) is 0. The molecule has 0 aromatic carbocycles. The van der Waals surface area contributed by atoms with Gasteiger partial charge in [0.1, 0.15) is 0 Å². The molecule has 0 radical (unpaired) electrons. The lowest BCUT2D eigenvalue weighted by atomic mass is 10.1. The Morgan fingerprint density at radius 3 is 2.50 bits per heavy atom. The third-order valence-corrected chi connectivity index (χ3v) is 1.77. The van der Waals surface area contributed by atoms with Gasteiger partial charge in [-0.3, -0.25) is 0 Å². The molecular formula is C9H17N. The van der Waals surface area contributed by atoms with E-state index in [2.05, 4.69) is 37.9 Å². The van der Waals surface area contributed by atoms with E-state index in [1.165, 1.54) is 11.4 Å². The topological polar surface area (TPSA) is 15.8 Å². The van der Waals surface area contributed by atoms with Gasteiger partial charge < -0.3 is 4.98 Å². The maximum absolute atomic E-state index is 3.36. The Hall–Kier alpha value is -0.720. The lowest BCUT2D eigenvalue weighted by molar-refractivity contribution is 0.823. The summed E-state index contributed by atoms with van der Waals surface area (Å²) in [5.74, 6) is 0.625. The highest BCUT2D eigenvalue weighted by molar-refractivity contribution is 5.15. The number of hydrogen-bond donors (Lipinski definition) is 1. The number of H-pyrrole nitrogens is 1. The average Bonchev–Trinajstić information content (AvgIpc) is 2.34. The second-order valence-electron chi connectivity index (χ2n) is 2.95. The van der Waals surface area contributed by atoms with Crippen molar-refractivity contribution in [1.82, 2.24) is 4.98 Å². The van der Waals surface area contributed by atoms with Crippen molar-refractivity contribution < 1.29 is 1.43 Å². The molecule has 1 heteroatoms. The van der Waals surface area contributed by atoms with Gasteiger partial charge in [-0.15, -0.1) is 0 Å². The highest BCUT2D eigenvalue weighted by Crippen LogP contribution is 2.12. The van der Waals surface area contributed by atoms with E-state index in [0.717, 1.165) is 6.42 Å². The predicted molar refractivity (Wildman–Crippen MR) is 46.4 cm³/mol. The van der Waals surface area contributed by atoms with Crippen molar-refractivity contribution in [3.8, 4) is 0 Å². The molecule has 0 amide bonds. The van der Waals surface area contributed by atoms with E-state index in [9.17, 15) is 0 Å². The summed E-state index contributed by atoms with van der Waals surface area (Å²) in [4.78, 5) is 3.36. The molecule has 58 valence electrons. The summed E-state index contributed by atoms with van der Waals surface area (Å²) in [6.07, 6.45) is 1.10. The summed E-state index contributed by atoms with van der Waals surface area (Å²) >= 11 is 0. The second-order valence-corrected chi connectivity index (χ2v) is 2.95. The van der Waals surface area contributed by atoms with E-state index in [1.54, 1.807) is 0 Å². The Labute approximate surface area is 64.0 Å². The molecule has 0 bridgehead atoms. The molecule has 0 saturated heterocycles. The summed E-state index contributed by atoms with van der Waals surface area (Å²) in [6, 6.07) is 4.33. The molecule has 1 rings (SSSR count). The molecule has 0 aliphatic carbocycles. The number of aromatic amines is 1. The molecule has 10 heavy (non-hydrogen) atoms. The van der Waals surface area contributed by atoms with Crippen LogP contribution in [0.5, 0.6) is 0 Å². The SMILES string of the molecule is CCc1ccc(C(C)C)[nH]1.[HH]. The van der Waals surface area contributed by atoms with Gasteiger partial charge in [0.2, 0.25) is 0 Å². The predicted octanol–water partition coefficient (Wildman–Crippen LogP) is 2.95. The molecule has 0 aliphatic heterocycles. The zero-order valence-corrected chi connectivity index (χ0v) is 6.94. The van der Waals surface area contributed by atoms with Gasteiger partial charge in [-0.05, 0) is 24.5 Å². The van der Waals surface area contributed by atoms with Crippen molar-refractivity contribution in [3.05, 3.63) is 23.5 Å². The molecule has 0 atom stereocenters. The van der Waals surface area contributed by atoms with Crippen LogP contribution in [0.3, 0.4) is 0 Å². The van der Waals surface area contributed by atoms with Crippen LogP contribution in [0.4, 0.5) is 0 Å². The van der Waals surface area contributed by atoms with Gasteiger partial charge in [-0.1, -0.05) is 20.8 Å². The number of nitrogens with one attached hydrogen (secondary N) is 1. The Balaban J connectivity index is 0.000001000. The van der Waals surface area contributed by atoms with Crippen LogP contribution >= 0.6 is 0 Å². The van der Waals surface area contributed by atoms with Gasteiger partial charge >= 0.3 is 0 Å². The van der Waals surface area contributed by atoms with E-state index in [1.807, 2.05) is 0 Å². The van der Waals surface area contributed by atoms with E-state index in [4.69, 9.17) is 0 Å². The summed E-state index contributed by atoms with van der Waals surface area (Å²) < 4.78 is 0. The summed E-state index contributed by atoms with van der Waals surface area (Å²) in [5, 5.41) is 0. The number of hydrogen-bond acceptors (Lipinski definition) is 0. The van der Waals surface area contributed by atoms with Crippen LogP contribution in [-0.2, 0) is 6.42 Å². The molecule has 1 aromatic rings. The first kappa shape index (κ1) is 7.39. The monoisotopic (exact) mass is 139 g/mol. The number of rotatable bonds is 2. The van der Waals surface area contributed by atoms with Gasteiger partial charge in [-0.2, -0.15) is 0 Å². The summed E-state index contributed by atoms with van der Waals surface area (Å²) in [5.41, 5.74) is 2.68. The highest BCUT2D eigenvalue weighted by Gasteiger charge is 1.99. The number of aromatic nitrogens is 1. The van der Waals surface area contributed by atoms with Gasteiger partial charge in [-0.25, -0.2) is 0 Å². The van der Waals surface area contributed by atoms with E-state index in [0.29, 0.717) is 5.92 Å². The van der Waals surface area contributed by atoms with Crippen LogP contribution < -0.4 is 0 Å². The van der Waals surface area contributed by atoms with Crippen molar-refractivity contribution in [2.24, 2.45) is 0 Å². The minimum Gasteiger partial charge on any atom is -0.362 e. The first-order valence-corrected chi connectivity index (χ1v) is 3.91. The first-order chi connectivity index (χ1) is 4.74. The molecule has 0 unspecified atom stereocenters. The Morgan fingerprint density at radius 1 is 1.50 bits per heavy atom. The minimum atomic E-state index is 0. The van der Waals surface area contributed by atoms with Crippen LogP contribution in [0.1, 0.15) is 39.5 Å². The van der Waals surface area contributed by atoms with Crippen LogP contribution in [0.25, 0.3) is 0 Å². The average molecular weight is 139 g/mol. The lowest BCUT2D eigenvalue weighted by Crippen LogP contribution is -1.87. The zero-order valence-electron chi connectivity index (χ0n) is 6.94. The number of aryl methyl sites for hydroxylation is 1. The summed E-state index contributed by atoms with van der Waals surface area (Å²) in [6.45, 7) is 6.56. The normalized spacial score (nSPS) is 10.8. The molecule has 0 fully saturated rings. The third kappa shape index (κ3) is 1.41. The minimum absolute atomic E-state index is 0. The van der Waals surface area contributed by atoms with E-state index >= 15 is 0 Å². The maximum Gasteiger partial charge on any atom is 0.0175 e. The largest absolute Gasteiger partial charge is 0.362 e. The third-order valence-electron chi connectivity index (χ3n) is 1.77. The van der Waals surface area contributed by atoms with Crippen LogP contribution in [-0.4, -0.2) is 4.98 Å². The van der Waals surface area contributed by atoms with Gasteiger partial charge in [0.25, 0.3) is 0 Å². The van der Waals surface area contributed by atoms with Crippen molar-refractivity contribution in [2.45, 2.75) is 33.1 Å². The molecule has 1 heterocycles. The maximum atomic E-state index is 3.36. The molecule has 1 N–H and O–H groups in total. The van der Waals surface area contributed by atoms with Gasteiger partial charge in [0.05, 0.1) is 0 Å². The molecule has 0 aliphatic rings. The highest BCUT2D eigenvalue weighted by atomic mass is 14.7. The quantitative estimate of drug-likeness (QED) is 0.648. The Bertz CT molecular complexity index is 203. The fraction of sp³-hybridized carbons (Fsp3) is 0.556. The molecule has 1 nitrogen and oxygen atoms in total. The standard InChI is InChI=1S/C9H15N.H2/c1-4-8-5-6-9(10-8)7(2)3;/h5-7,10H,4H2,1-3H3;1H. The van der Waals surface area contributed by atoms with Gasteiger partial charge in [0.15, 0.2) is 0 Å². The zero-order chi connectivity index (χ0) is 7.56. The second kappa shape index (κ2) is 2.91. The van der Waals surface area contributed by atoms with Gasteiger partial charge in [0, 0.05) is 12.8 Å². The van der Waals surface area contributed by atoms with E-state index in [-0.39, 0.29) is 1.43 Å². The lowest BCUT2D eigenvalue weighted by Gasteiger charge is -1.98. The molecule has 0 spiro atoms. The Morgan fingerprint density at radius 2 is 2.20 bits per heavy atom. The van der Waals surface area contributed by atoms with Crippen molar-refractivity contribution >= 4 is 0 Å². The van der Waals surface area contributed by atoms with Crippen molar-refractivity contribution in [1.29, 1.82) is 0 Å². The van der Waals surface area contributed by atoms with Crippen LogP contribution in [0.2, 0.25) is 0 Å². The molecule has 1 aromatic heterocycles.